The van der Waals surface area contributed by atoms with Gasteiger partial charge in [-0.05, 0) is 68.1 Å². The van der Waals surface area contributed by atoms with E-state index in [4.69, 9.17) is 19.2 Å². The van der Waals surface area contributed by atoms with Crippen molar-refractivity contribution in [3.63, 3.8) is 0 Å². The number of hydrogen-bond acceptors (Lipinski definition) is 5. The SMILES string of the molecule is C[C@H]1[C@@H](Cc2cccc(C(=O)O)c2)O[C@@H]2O[C@@]3(C)CC[C@H]4[C@H](C)CC[C@@H]1[C@@]24OO3. The topological polar surface area (TPSA) is 74.2 Å². The molecule has 1 saturated carbocycles. The van der Waals surface area contributed by atoms with E-state index >= 15 is 0 Å². The van der Waals surface area contributed by atoms with Gasteiger partial charge in [-0.3, -0.25) is 0 Å². The summed E-state index contributed by atoms with van der Waals surface area (Å²) in [6.07, 6.45) is 4.21. The maximum Gasteiger partial charge on any atom is 0.335 e. The summed E-state index contributed by atoms with van der Waals surface area (Å²) in [5.74, 6) is -0.237. The van der Waals surface area contributed by atoms with Crippen molar-refractivity contribution >= 4 is 5.97 Å². The molecule has 6 heteroatoms. The molecule has 1 N–H and O–H groups in total. The van der Waals surface area contributed by atoms with E-state index in [-0.39, 0.29) is 17.9 Å². The molecule has 1 aliphatic carbocycles. The molecular formula is C23H30O6. The first-order chi connectivity index (χ1) is 13.8. The lowest BCUT2D eigenvalue weighted by atomic mass is 9.57. The standard InChI is InChI=1S/C23H30O6/c1-13-7-8-18-14(2)19(12-15-5-4-6-16(11-15)20(24)25)26-21-23(18)17(13)9-10-22(3,27-21)28-29-23/h4-6,11,13-14,17-19,21H,7-10,12H2,1-3H3,(H,24,25)/t13-,14-,17+,18+,19-,21-,22-,23-/m1/s1. The van der Waals surface area contributed by atoms with Gasteiger partial charge in [0.1, 0.15) is 0 Å². The first kappa shape index (κ1) is 19.5. The quantitative estimate of drug-likeness (QED) is 0.765. The van der Waals surface area contributed by atoms with Gasteiger partial charge in [0.2, 0.25) is 5.79 Å². The van der Waals surface area contributed by atoms with Crippen molar-refractivity contribution in [3.05, 3.63) is 35.4 Å². The third-order valence-corrected chi connectivity index (χ3v) is 7.91. The molecule has 4 saturated heterocycles. The molecule has 0 aromatic heterocycles. The molecule has 6 rings (SSSR count). The van der Waals surface area contributed by atoms with Crippen LogP contribution in [0.15, 0.2) is 24.3 Å². The van der Waals surface area contributed by atoms with Crippen LogP contribution in [-0.4, -0.2) is 34.9 Å². The first-order valence-electron chi connectivity index (χ1n) is 10.8. The Bertz CT molecular complexity index is 810. The van der Waals surface area contributed by atoms with Crippen LogP contribution < -0.4 is 0 Å². The number of carboxylic acids is 1. The second-order valence-electron chi connectivity index (χ2n) is 9.65. The van der Waals surface area contributed by atoms with Crippen molar-refractivity contribution < 1.29 is 29.1 Å². The van der Waals surface area contributed by atoms with Gasteiger partial charge in [0, 0.05) is 12.3 Å². The van der Waals surface area contributed by atoms with Crippen LogP contribution in [0.1, 0.15) is 62.4 Å². The van der Waals surface area contributed by atoms with Crippen LogP contribution in [0.3, 0.4) is 0 Å². The van der Waals surface area contributed by atoms with E-state index in [1.54, 1.807) is 18.2 Å². The zero-order valence-corrected chi connectivity index (χ0v) is 17.3. The Morgan fingerprint density at radius 3 is 2.79 bits per heavy atom. The van der Waals surface area contributed by atoms with Crippen LogP contribution in [0.2, 0.25) is 0 Å². The first-order valence-corrected chi connectivity index (χ1v) is 10.8. The maximum atomic E-state index is 11.3. The predicted molar refractivity (Wildman–Crippen MR) is 104 cm³/mol. The molecule has 5 fully saturated rings. The molecule has 0 unspecified atom stereocenters. The summed E-state index contributed by atoms with van der Waals surface area (Å²) in [5.41, 5.74) is 0.732. The number of fused-ring (bicyclic) bond motifs is 2. The van der Waals surface area contributed by atoms with E-state index in [9.17, 15) is 9.90 Å². The fourth-order valence-corrected chi connectivity index (χ4v) is 6.28. The third-order valence-electron chi connectivity index (χ3n) is 7.91. The van der Waals surface area contributed by atoms with Crippen molar-refractivity contribution in [2.75, 3.05) is 0 Å². The monoisotopic (exact) mass is 402 g/mol. The van der Waals surface area contributed by atoms with E-state index < -0.39 is 23.6 Å². The molecule has 6 nitrogen and oxygen atoms in total. The molecule has 4 heterocycles. The fourth-order valence-electron chi connectivity index (χ4n) is 6.28. The van der Waals surface area contributed by atoms with Crippen molar-refractivity contribution in [1.29, 1.82) is 0 Å². The number of ether oxygens (including phenoxy) is 2. The highest BCUT2D eigenvalue weighted by molar-refractivity contribution is 5.87. The molecule has 2 bridgehead atoms. The summed E-state index contributed by atoms with van der Waals surface area (Å²) < 4.78 is 13.0. The summed E-state index contributed by atoms with van der Waals surface area (Å²) in [4.78, 5) is 23.4. The fraction of sp³-hybridized carbons (Fsp3) is 0.696. The largest absolute Gasteiger partial charge is 0.478 e. The van der Waals surface area contributed by atoms with Gasteiger partial charge in [0.15, 0.2) is 11.9 Å². The number of benzene rings is 1. The van der Waals surface area contributed by atoms with Crippen LogP contribution in [0.4, 0.5) is 0 Å². The van der Waals surface area contributed by atoms with Gasteiger partial charge in [0.05, 0.1) is 11.7 Å². The van der Waals surface area contributed by atoms with E-state index in [0.717, 1.165) is 24.8 Å². The Kier molecular flexibility index (Phi) is 4.55. The van der Waals surface area contributed by atoms with Crippen LogP contribution in [0, 0.1) is 23.7 Å². The number of carbonyl (C=O) groups is 1. The Balaban J connectivity index is 1.47. The minimum Gasteiger partial charge on any atom is -0.478 e. The molecule has 8 atom stereocenters. The van der Waals surface area contributed by atoms with E-state index in [1.807, 2.05) is 13.0 Å². The van der Waals surface area contributed by atoms with Crippen molar-refractivity contribution in [2.24, 2.45) is 23.7 Å². The normalized spacial score (nSPS) is 46.0. The lowest BCUT2D eigenvalue weighted by Crippen LogP contribution is -2.70. The molecule has 1 aromatic rings. The van der Waals surface area contributed by atoms with E-state index in [2.05, 4.69) is 13.8 Å². The third kappa shape index (κ3) is 2.95. The summed E-state index contributed by atoms with van der Waals surface area (Å²) in [6, 6.07) is 7.14. The van der Waals surface area contributed by atoms with Crippen molar-refractivity contribution in [1.82, 2.24) is 0 Å². The van der Waals surface area contributed by atoms with Crippen LogP contribution in [0.5, 0.6) is 0 Å². The molecule has 158 valence electrons. The van der Waals surface area contributed by atoms with Crippen LogP contribution in [-0.2, 0) is 25.7 Å². The molecule has 1 aromatic carbocycles. The minimum absolute atomic E-state index is 0.0553. The summed E-state index contributed by atoms with van der Waals surface area (Å²) in [7, 11) is 0. The summed E-state index contributed by atoms with van der Waals surface area (Å²) in [6.45, 7) is 6.48. The Morgan fingerprint density at radius 2 is 2.00 bits per heavy atom. The molecule has 29 heavy (non-hydrogen) atoms. The van der Waals surface area contributed by atoms with E-state index in [0.29, 0.717) is 23.8 Å². The highest BCUT2D eigenvalue weighted by atomic mass is 17.3. The van der Waals surface area contributed by atoms with Crippen molar-refractivity contribution in [2.45, 2.75) is 76.7 Å². The molecule has 1 spiro atoms. The zero-order chi connectivity index (χ0) is 20.4. The lowest BCUT2D eigenvalue weighted by Gasteiger charge is -2.60. The van der Waals surface area contributed by atoms with Crippen LogP contribution in [0.25, 0.3) is 0 Å². The predicted octanol–water partition coefficient (Wildman–Crippen LogP) is 4.18. The smallest absolute Gasteiger partial charge is 0.335 e. The second-order valence-corrected chi connectivity index (χ2v) is 9.65. The Morgan fingerprint density at radius 1 is 1.17 bits per heavy atom. The number of aromatic carboxylic acids is 1. The van der Waals surface area contributed by atoms with Gasteiger partial charge in [0.25, 0.3) is 0 Å². The number of carboxylic acid groups (broad SMARTS) is 1. The van der Waals surface area contributed by atoms with Gasteiger partial charge < -0.3 is 14.6 Å². The highest BCUT2D eigenvalue weighted by Crippen LogP contribution is 2.60. The average molecular weight is 402 g/mol. The summed E-state index contributed by atoms with van der Waals surface area (Å²) in [5, 5.41) is 9.31. The van der Waals surface area contributed by atoms with Gasteiger partial charge in [-0.2, -0.15) is 0 Å². The van der Waals surface area contributed by atoms with Gasteiger partial charge in [-0.1, -0.05) is 26.0 Å². The Hall–Kier alpha value is -1.47. The summed E-state index contributed by atoms with van der Waals surface area (Å²) >= 11 is 0. The van der Waals surface area contributed by atoms with Gasteiger partial charge in [-0.25, -0.2) is 14.6 Å². The highest BCUT2D eigenvalue weighted by Gasteiger charge is 2.69. The van der Waals surface area contributed by atoms with Crippen LogP contribution >= 0.6 is 0 Å². The maximum absolute atomic E-state index is 11.3. The minimum atomic E-state index is -0.907. The van der Waals surface area contributed by atoms with E-state index in [1.165, 1.54) is 6.42 Å². The van der Waals surface area contributed by atoms with Gasteiger partial charge >= 0.3 is 5.97 Å². The second kappa shape index (κ2) is 6.77. The number of rotatable bonds is 3. The van der Waals surface area contributed by atoms with Gasteiger partial charge in [-0.15, -0.1) is 0 Å². The average Bonchev–Trinajstić information content (AvgIpc) is 2.92. The Labute approximate surface area is 171 Å². The lowest BCUT2D eigenvalue weighted by molar-refractivity contribution is -0.571. The zero-order valence-electron chi connectivity index (χ0n) is 17.3. The molecule has 0 amide bonds. The molecule has 5 aliphatic rings. The molecule has 0 radical (unpaired) electrons. The molecular weight excluding hydrogens is 372 g/mol. The number of hydrogen-bond donors (Lipinski definition) is 1. The van der Waals surface area contributed by atoms with Crippen molar-refractivity contribution in [3.8, 4) is 0 Å². The molecule has 4 aliphatic heterocycles.